The van der Waals surface area contributed by atoms with E-state index >= 15 is 0 Å². The number of nitrogens with one attached hydrogen (secondary N) is 1. The number of hydrogen-bond acceptors (Lipinski definition) is 2. The third-order valence-electron chi connectivity index (χ3n) is 2.66. The number of hydrogen-bond donors (Lipinski definition) is 1. The van der Waals surface area contributed by atoms with E-state index in [1.807, 2.05) is 0 Å². The summed E-state index contributed by atoms with van der Waals surface area (Å²) in [5.74, 6) is 2.12. The van der Waals surface area contributed by atoms with Crippen LogP contribution in [0.1, 0.15) is 33.6 Å². The Morgan fingerprint density at radius 2 is 2.17 bits per heavy atom. The minimum absolute atomic E-state index is 0.802. The van der Waals surface area contributed by atoms with E-state index in [2.05, 4.69) is 37.8 Å². The van der Waals surface area contributed by atoms with E-state index in [-0.39, 0.29) is 0 Å². The first-order valence-electron chi connectivity index (χ1n) is 5.05. The van der Waals surface area contributed by atoms with Crippen LogP contribution in [0.4, 0.5) is 0 Å². The Morgan fingerprint density at radius 1 is 1.42 bits per heavy atom. The summed E-state index contributed by atoms with van der Waals surface area (Å²) in [4.78, 5) is 0. The average Bonchev–Trinajstić information content (AvgIpc) is 2.51. The Morgan fingerprint density at radius 3 is 2.67 bits per heavy atom. The van der Waals surface area contributed by atoms with Crippen LogP contribution >= 0.6 is 11.8 Å². The Bertz CT molecular complexity index is 117. The lowest BCUT2D eigenvalue weighted by Gasteiger charge is -2.17. The maximum atomic E-state index is 3.53. The zero-order valence-corrected chi connectivity index (χ0v) is 9.29. The van der Waals surface area contributed by atoms with Gasteiger partial charge in [-0.1, -0.05) is 20.8 Å². The first-order valence-corrected chi connectivity index (χ1v) is 6.10. The van der Waals surface area contributed by atoms with Crippen molar-refractivity contribution in [1.82, 2.24) is 5.32 Å². The van der Waals surface area contributed by atoms with Gasteiger partial charge < -0.3 is 5.32 Å². The Balaban J connectivity index is 2.07. The molecule has 2 atom stereocenters. The van der Waals surface area contributed by atoms with Crippen LogP contribution in [0.3, 0.4) is 0 Å². The third kappa shape index (κ3) is 3.36. The number of rotatable bonds is 4. The minimum Gasteiger partial charge on any atom is -0.313 e. The maximum Gasteiger partial charge on any atom is 0.0158 e. The molecule has 0 radical (unpaired) electrons. The highest BCUT2D eigenvalue weighted by atomic mass is 32.2. The lowest BCUT2D eigenvalue weighted by molar-refractivity contribution is 0.632. The fourth-order valence-corrected chi connectivity index (χ4v) is 2.56. The van der Waals surface area contributed by atoms with Crippen molar-refractivity contribution in [3.05, 3.63) is 0 Å². The molecule has 1 saturated heterocycles. The summed E-state index contributed by atoms with van der Waals surface area (Å²) in [6.45, 7) is 8.19. The molecule has 0 aromatic rings. The fourth-order valence-electron chi connectivity index (χ4n) is 1.36. The SMILES string of the molecule is CC(C)C(C)SC[C@@H]1CCCN1. The van der Waals surface area contributed by atoms with Gasteiger partial charge in [-0.3, -0.25) is 0 Å². The topological polar surface area (TPSA) is 12.0 Å². The molecule has 1 rings (SSSR count). The molecule has 0 amide bonds. The molecule has 0 aliphatic carbocycles. The van der Waals surface area contributed by atoms with E-state index < -0.39 is 0 Å². The highest BCUT2D eigenvalue weighted by Crippen LogP contribution is 2.21. The molecule has 1 fully saturated rings. The molecular formula is C10H21NS. The van der Waals surface area contributed by atoms with Crippen molar-refractivity contribution >= 4 is 11.8 Å². The van der Waals surface area contributed by atoms with Gasteiger partial charge in [0.15, 0.2) is 0 Å². The van der Waals surface area contributed by atoms with E-state index in [0.717, 1.165) is 17.2 Å². The standard InChI is InChI=1S/C10H21NS/c1-8(2)9(3)12-7-10-5-4-6-11-10/h8-11H,4-7H2,1-3H3/t9?,10-/m0/s1. The molecule has 12 heavy (non-hydrogen) atoms. The molecular weight excluding hydrogens is 166 g/mol. The smallest absolute Gasteiger partial charge is 0.0158 e. The van der Waals surface area contributed by atoms with Crippen LogP contribution in [-0.4, -0.2) is 23.6 Å². The number of thioether (sulfide) groups is 1. The van der Waals surface area contributed by atoms with Crippen molar-refractivity contribution in [3.8, 4) is 0 Å². The quantitative estimate of drug-likeness (QED) is 0.726. The van der Waals surface area contributed by atoms with Gasteiger partial charge in [0.05, 0.1) is 0 Å². The largest absolute Gasteiger partial charge is 0.313 e. The normalized spacial score (nSPS) is 26.5. The van der Waals surface area contributed by atoms with Crippen molar-refractivity contribution in [2.45, 2.75) is 44.9 Å². The van der Waals surface area contributed by atoms with Gasteiger partial charge in [-0.15, -0.1) is 0 Å². The fraction of sp³-hybridized carbons (Fsp3) is 1.00. The predicted octanol–water partition coefficient (Wildman–Crippen LogP) is 2.52. The molecule has 0 aromatic carbocycles. The summed E-state index contributed by atoms with van der Waals surface area (Å²) in [6.07, 6.45) is 2.76. The Labute approximate surface area is 80.7 Å². The van der Waals surface area contributed by atoms with Crippen molar-refractivity contribution in [2.24, 2.45) is 5.92 Å². The lowest BCUT2D eigenvalue weighted by Crippen LogP contribution is -2.25. The molecule has 1 N–H and O–H groups in total. The summed E-state index contributed by atoms with van der Waals surface area (Å²) in [6, 6.07) is 0.802. The lowest BCUT2D eigenvalue weighted by atomic mass is 10.2. The predicted molar refractivity (Wildman–Crippen MR) is 57.8 cm³/mol. The van der Waals surface area contributed by atoms with Gasteiger partial charge in [0.2, 0.25) is 0 Å². The molecule has 72 valence electrons. The molecule has 1 nitrogen and oxygen atoms in total. The first-order chi connectivity index (χ1) is 5.70. The minimum atomic E-state index is 0.802. The van der Waals surface area contributed by atoms with Crippen LogP contribution in [0.5, 0.6) is 0 Å². The van der Waals surface area contributed by atoms with Crippen LogP contribution in [-0.2, 0) is 0 Å². The van der Waals surface area contributed by atoms with Gasteiger partial charge in [0, 0.05) is 17.0 Å². The van der Waals surface area contributed by atoms with Crippen molar-refractivity contribution in [3.63, 3.8) is 0 Å². The summed E-state index contributed by atoms with van der Waals surface area (Å²) in [5.41, 5.74) is 0. The van der Waals surface area contributed by atoms with E-state index in [0.29, 0.717) is 0 Å². The molecule has 1 heterocycles. The van der Waals surface area contributed by atoms with Gasteiger partial charge in [-0.2, -0.15) is 11.8 Å². The molecule has 2 heteroatoms. The highest BCUT2D eigenvalue weighted by Gasteiger charge is 2.16. The zero-order valence-electron chi connectivity index (χ0n) is 8.47. The Kier molecular flexibility index (Phi) is 4.44. The second kappa shape index (κ2) is 5.13. The van der Waals surface area contributed by atoms with Crippen LogP contribution in [0.25, 0.3) is 0 Å². The molecule has 0 saturated carbocycles. The summed E-state index contributed by atoms with van der Waals surface area (Å²) >= 11 is 2.12. The van der Waals surface area contributed by atoms with E-state index in [4.69, 9.17) is 0 Å². The van der Waals surface area contributed by atoms with Gasteiger partial charge in [-0.05, 0) is 25.3 Å². The molecule has 1 aliphatic heterocycles. The second-order valence-corrected chi connectivity index (χ2v) is 5.49. The molecule has 0 bridgehead atoms. The van der Waals surface area contributed by atoms with Crippen LogP contribution in [0, 0.1) is 5.92 Å². The monoisotopic (exact) mass is 187 g/mol. The first kappa shape index (κ1) is 10.4. The van der Waals surface area contributed by atoms with Crippen molar-refractivity contribution in [1.29, 1.82) is 0 Å². The van der Waals surface area contributed by atoms with Crippen LogP contribution < -0.4 is 5.32 Å². The summed E-state index contributed by atoms with van der Waals surface area (Å²) < 4.78 is 0. The Hall–Kier alpha value is 0.310. The second-order valence-electron chi connectivity index (χ2n) is 4.08. The molecule has 0 aromatic heterocycles. The average molecular weight is 187 g/mol. The van der Waals surface area contributed by atoms with Gasteiger partial charge >= 0.3 is 0 Å². The van der Waals surface area contributed by atoms with E-state index in [1.165, 1.54) is 25.1 Å². The molecule has 1 unspecified atom stereocenters. The van der Waals surface area contributed by atoms with E-state index in [9.17, 15) is 0 Å². The van der Waals surface area contributed by atoms with E-state index in [1.54, 1.807) is 0 Å². The molecule has 0 spiro atoms. The van der Waals surface area contributed by atoms with Crippen LogP contribution in [0.2, 0.25) is 0 Å². The summed E-state index contributed by atoms with van der Waals surface area (Å²) in [7, 11) is 0. The molecule has 1 aliphatic rings. The zero-order chi connectivity index (χ0) is 8.97. The summed E-state index contributed by atoms with van der Waals surface area (Å²) in [5, 5.41) is 4.34. The third-order valence-corrected chi connectivity index (χ3v) is 4.33. The maximum absolute atomic E-state index is 3.53. The highest BCUT2D eigenvalue weighted by molar-refractivity contribution is 7.99. The van der Waals surface area contributed by atoms with Gasteiger partial charge in [0.1, 0.15) is 0 Å². The van der Waals surface area contributed by atoms with Gasteiger partial charge in [-0.25, -0.2) is 0 Å². The van der Waals surface area contributed by atoms with Crippen LogP contribution in [0.15, 0.2) is 0 Å². The van der Waals surface area contributed by atoms with Crippen molar-refractivity contribution in [2.75, 3.05) is 12.3 Å². The van der Waals surface area contributed by atoms with Crippen molar-refractivity contribution < 1.29 is 0 Å². The van der Waals surface area contributed by atoms with Gasteiger partial charge in [0.25, 0.3) is 0 Å².